The van der Waals surface area contributed by atoms with Crippen molar-refractivity contribution in [1.29, 1.82) is 0 Å². The van der Waals surface area contributed by atoms with Crippen LogP contribution in [0.15, 0.2) is 55.0 Å². The number of carbonyl (C=O) groups excluding carboxylic acids is 1. The summed E-state index contributed by atoms with van der Waals surface area (Å²) in [6.07, 6.45) is 5.51. The molecule has 2 aromatic heterocycles. The number of aromatic nitrogens is 2. The van der Waals surface area contributed by atoms with Gasteiger partial charge in [0, 0.05) is 34.1 Å². The third kappa shape index (κ3) is 4.37. The number of halogens is 1. The van der Waals surface area contributed by atoms with E-state index in [0.29, 0.717) is 18.0 Å². The summed E-state index contributed by atoms with van der Waals surface area (Å²) in [5.74, 6) is -0.0161. The molecule has 23 heavy (non-hydrogen) atoms. The van der Waals surface area contributed by atoms with Crippen LogP contribution in [-0.2, 0) is 17.8 Å². The van der Waals surface area contributed by atoms with Crippen LogP contribution in [0.3, 0.4) is 0 Å². The Morgan fingerprint density at radius 2 is 1.87 bits per heavy atom. The van der Waals surface area contributed by atoms with Gasteiger partial charge in [0.25, 0.3) is 0 Å². The van der Waals surface area contributed by atoms with Gasteiger partial charge in [0.05, 0.1) is 13.0 Å². The van der Waals surface area contributed by atoms with Gasteiger partial charge in [0.1, 0.15) is 5.01 Å². The molecule has 3 aromatic rings. The van der Waals surface area contributed by atoms with Crippen LogP contribution in [0.4, 0.5) is 0 Å². The van der Waals surface area contributed by atoms with Crippen molar-refractivity contribution >= 4 is 28.8 Å². The molecule has 0 saturated heterocycles. The lowest BCUT2D eigenvalue weighted by molar-refractivity contribution is -0.120. The molecule has 0 bridgehead atoms. The number of amides is 1. The maximum Gasteiger partial charge on any atom is 0.224 e. The standard InChI is InChI=1S/C17H14ClN3OS/c18-14-3-1-13(2-4-14)17-21-11-15(23-17)10-20-16(22)9-12-5-7-19-8-6-12/h1-8,11H,9-10H2,(H,20,22). The van der Waals surface area contributed by atoms with Gasteiger partial charge in [-0.15, -0.1) is 11.3 Å². The maximum absolute atomic E-state index is 11.9. The molecule has 0 saturated carbocycles. The first-order chi connectivity index (χ1) is 11.2. The second-order valence-electron chi connectivity index (χ2n) is 4.95. The first kappa shape index (κ1) is 15.6. The molecule has 0 unspecified atom stereocenters. The molecule has 0 fully saturated rings. The minimum atomic E-state index is -0.0161. The van der Waals surface area contributed by atoms with Crippen LogP contribution < -0.4 is 5.32 Å². The summed E-state index contributed by atoms with van der Waals surface area (Å²) in [5, 5.41) is 4.53. The predicted molar refractivity (Wildman–Crippen MR) is 92.3 cm³/mol. The van der Waals surface area contributed by atoms with Crippen LogP contribution in [0.1, 0.15) is 10.4 Å². The second kappa shape index (κ2) is 7.35. The Balaban J connectivity index is 1.57. The zero-order valence-corrected chi connectivity index (χ0v) is 13.8. The molecule has 0 atom stereocenters. The van der Waals surface area contributed by atoms with Gasteiger partial charge in [-0.25, -0.2) is 4.98 Å². The smallest absolute Gasteiger partial charge is 0.224 e. The quantitative estimate of drug-likeness (QED) is 0.768. The Hall–Kier alpha value is -2.24. The third-order valence-electron chi connectivity index (χ3n) is 3.22. The van der Waals surface area contributed by atoms with E-state index in [4.69, 9.17) is 11.6 Å². The first-order valence-corrected chi connectivity index (χ1v) is 8.26. The minimum Gasteiger partial charge on any atom is -0.351 e. The summed E-state index contributed by atoms with van der Waals surface area (Å²) < 4.78 is 0. The van der Waals surface area contributed by atoms with Gasteiger partial charge < -0.3 is 5.32 Å². The number of hydrogen-bond donors (Lipinski definition) is 1. The van der Waals surface area contributed by atoms with Gasteiger partial charge in [-0.2, -0.15) is 0 Å². The van der Waals surface area contributed by atoms with Gasteiger partial charge in [-0.1, -0.05) is 23.7 Å². The zero-order chi connectivity index (χ0) is 16.1. The normalized spacial score (nSPS) is 10.5. The van der Waals surface area contributed by atoms with Gasteiger partial charge in [-0.3, -0.25) is 9.78 Å². The molecule has 2 heterocycles. The van der Waals surface area contributed by atoms with Crippen molar-refractivity contribution in [3.8, 4) is 10.6 Å². The molecule has 3 rings (SSSR count). The van der Waals surface area contributed by atoms with Gasteiger partial charge in [0.15, 0.2) is 0 Å². The summed E-state index contributed by atoms with van der Waals surface area (Å²) in [6, 6.07) is 11.2. The number of nitrogens with one attached hydrogen (secondary N) is 1. The van der Waals surface area contributed by atoms with Crippen molar-refractivity contribution in [3.05, 3.63) is 70.5 Å². The fourth-order valence-electron chi connectivity index (χ4n) is 2.05. The van der Waals surface area contributed by atoms with E-state index in [9.17, 15) is 4.79 Å². The van der Waals surface area contributed by atoms with E-state index in [-0.39, 0.29) is 5.91 Å². The van der Waals surface area contributed by atoms with E-state index in [1.807, 2.05) is 36.4 Å². The van der Waals surface area contributed by atoms with E-state index in [1.165, 1.54) is 0 Å². The summed E-state index contributed by atoms with van der Waals surface area (Å²) >= 11 is 7.45. The van der Waals surface area contributed by atoms with Crippen LogP contribution in [0.2, 0.25) is 5.02 Å². The molecule has 4 nitrogen and oxygen atoms in total. The predicted octanol–water partition coefficient (Wildman–Crippen LogP) is 3.72. The largest absolute Gasteiger partial charge is 0.351 e. The number of benzene rings is 1. The van der Waals surface area contributed by atoms with E-state index in [1.54, 1.807) is 29.9 Å². The van der Waals surface area contributed by atoms with E-state index < -0.39 is 0 Å². The number of thiazole rings is 1. The van der Waals surface area contributed by atoms with E-state index in [0.717, 1.165) is 21.0 Å². The number of nitrogens with zero attached hydrogens (tertiary/aromatic N) is 2. The van der Waals surface area contributed by atoms with E-state index >= 15 is 0 Å². The van der Waals surface area contributed by atoms with Crippen molar-refractivity contribution in [3.63, 3.8) is 0 Å². The SMILES string of the molecule is O=C(Cc1ccncc1)NCc1cnc(-c2ccc(Cl)cc2)s1. The molecule has 0 aliphatic heterocycles. The summed E-state index contributed by atoms with van der Waals surface area (Å²) in [5.41, 5.74) is 1.97. The van der Waals surface area contributed by atoms with Crippen molar-refractivity contribution in [2.75, 3.05) is 0 Å². The third-order valence-corrected chi connectivity index (χ3v) is 4.52. The Morgan fingerprint density at radius 1 is 1.13 bits per heavy atom. The molecule has 1 amide bonds. The number of hydrogen-bond acceptors (Lipinski definition) is 4. The number of pyridine rings is 1. The first-order valence-electron chi connectivity index (χ1n) is 7.07. The lowest BCUT2D eigenvalue weighted by Gasteiger charge is -2.03. The zero-order valence-electron chi connectivity index (χ0n) is 12.2. The molecule has 0 aliphatic carbocycles. The average Bonchev–Trinajstić information content (AvgIpc) is 3.04. The van der Waals surface area contributed by atoms with Crippen LogP contribution in [0, 0.1) is 0 Å². The van der Waals surface area contributed by atoms with Gasteiger partial charge in [-0.05, 0) is 29.8 Å². The summed E-state index contributed by atoms with van der Waals surface area (Å²) in [6.45, 7) is 0.481. The monoisotopic (exact) mass is 343 g/mol. The maximum atomic E-state index is 11.9. The highest BCUT2D eigenvalue weighted by atomic mass is 35.5. The van der Waals surface area contributed by atoms with Crippen LogP contribution in [0.5, 0.6) is 0 Å². The molecule has 0 spiro atoms. The van der Waals surface area contributed by atoms with Crippen molar-refractivity contribution in [2.24, 2.45) is 0 Å². The summed E-state index contributed by atoms with van der Waals surface area (Å²) in [7, 11) is 0. The Labute approximate surface area is 143 Å². The Bertz CT molecular complexity index is 787. The van der Waals surface area contributed by atoms with Crippen LogP contribution in [-0.4, -0.2) is 15.9 Å². The summed E-state index contributed by atoms with van der Waals surface area (Å²) in [4.78, 5) is 21.3. The number of carbonyl (C=O) groups is 1. The topological polar surface area (TPSA) is 54.9 Å². The minimum absolute atomic E-state index is 0.0161. The van der Waals surface area contributed by atoms with Crippen molar-refractivity contribution in [2.45, 2.75) is 13.0 Å². The highest BCUT2D eigenvalue weighted by molar-refractivity contribution is 7.15. The highest BCUT2D eigenvalue weighted by Crippen LogP contribution is 2.26. The molecule has 6 heteroatoms. The number of rotatable bonds is 5. The molecule has 0 radical (unpaired) electrons. The van der Waals surface area contributed by atoms with Crippen LogP contribution in [0.25, 0.3) is 10.6 Å². The fraction of sp³-hybridized carbons (Fsp3) is 0.118. The highest BCUT2D eigenvalue weighted by Gasteiger charge is 2.07. The Kier molecular flexibility index (Phi) is 5.00. The molecule has 116 valence electrons. The second-order valence-corrected chi connectivity index (χ2v) is 6.50. The lowest BCUT2D eigenvalue weighted by Crippen LogP contribution is -2.24. The van der Waals surface area contributed by atoms with Crippen molar-refractivity contribution < 1.29 is 4.79 Å². The fourth-order valence-corrected chi connectivity index (χ4v) is 3.03. The van der Waals surface area contributed by atoms with Crippen molar-refractivity contribution in [1.82, 2.24) is 15.3 Å². The van der Waals surface area contributed by atoms with Gasteiger partial charge in [0.2, 0.25) is 5.91 Å². The lowest BCUT2D eigenvalue weighted by atomic mass is 10.2. The van der Waals surface area contributed by atoms with E-state index in [2.05, 4.69) is 15.3 Å². The molecule has 1 N–H and O–H groups in total. The molecule has 1 aromatic carbocycles. The van der Waals surface area contributed by atoms with Crippen LogP contribution >= 0.6 is 22.9 Å². The average molecular weight is 344 g/mol. The molecular formula is C17H14ClN3OS. The molecule has 0 aliphatic rings. The molecular weight excluding hydrogens is 330 g/mol. The Morgan fingerprint density at radius 3 is 2.61 bits per heavy atom. The van der Waals surface area contributed by atoms with Gasteiger partial charge >= 0.3 is 0 Å².